The van der Waals surface area contributed by atoms with E-state index < -0.39 is 25.6 Å². The summed E-state index contributed by atoms with van der Waals surface area (Å²) in [6.07, 6.45) is 8.58. The molecule has 107 valence electrons. The van der Waals surface area contributed by atoms with Gasteiger partial charge in [0.25, 0.3) is 0 Å². The number of hydrogen-bond donors (Lipinski definition) is 0. The van der Waals surface area contributed by atoms with Gasteiger partial charge in [0.15, 0.2) is 0 Å². The van der Waals surface area contributed by atoms with Crippen LogP contribution in [-0.4, -0.2) is 37.0 Å². The second kappa shape index (κ2) is 8.08. The van der Waals surface area contributed by atoms with E-state index >= 15 is 0 Å². The molecule has 16 heavy (non-hydrogen) atoms. The van der Waals surface area contributed by atoms with E-state index in [1.165, 1.54) is 37.0 Å². The van der Waals surface area contributed by atoms with Crippen molar-refractivity contribution in [3.05, 3.63) is 0 Å². The topological polar surface area (TPSA) is 0 Å². The van der Waals surface area contributed by atoms with E-state index in [-0.39, 0.29) is 0 Å². The fourth-order valence-corrected chi connectivity index (χ4v) is 54.8. The van der Waals surface area contributed by atoms with Crippen molar-refractivity contribution in [2.75, 3.05) is 37.0 Å². The summed E-state index contributed by atoms with van der Waals surface area (Å²) in [4.78, 5) is 0. The van der Waals surface area contributed by atoms with Gasteiger partial charge in [-0.15, -0.1) is 0 Å². The van der Waals surface area contributed by atoms with Crippen molar-refractivity contribution >= 4 is 20.4 Å². The molecular weight excluding hydrogens is 348 g/mol. The Morgan fingerprint density at radius 2 is 0.812 bits per heavy atom. The Morgan fingerprint density at radius 1 is 0.625 bits per heavy atom. The maximum absolute atomic E-state index is 7.17. The second-order valence-corrected chi connectivity index (χ2v) is 33.3. The van der Waals surface area contributed by atoms with Gasteiger partial charge in [-0.25, -0.2) is 0 Å². The van der Waals surface area contributed by atoms with Gasteiger partial charge in [-0.2, -0.15) is 0 Å². The van der Waals surface area contributed by atoms with Gasteiger partial charge >= 0.3 is 114 Å². The third-order valence-corrected chi connectivity index (χ3v) is 52.3. The molecule has 4 heteroatoms. The van der Waals surface area contributed by atoms with Gasteiger partial charge in [0.2, 0.25) is 0 Å². The summed E-state index contributed by atoms with van der Waals surface area (Å²) >= 11 is -0.706. The number of hydrogen-bond acceptors (Lipinski definition) is 0. The van der Waals surface area contributed by atoms with Crippen LogP contribution in [-0.2, 0) is 14.7 Å². The van der Waals surface area contributed by atoms with Crippen molar-refractivity contribution in [1.29, 1.82) is 0 Å². The molecule has 0 aliphatic heterocycles. The molecule has 0 aliphatic carbocycles. The second-order valence-electron chi connectivity index (χ2n) is 4.49. The molecule has 0 aromatic carbocycles. The molecule has 0 amide bonds. The molecule has 0 rings (SSSR count). The van der Waals surface area contributed by atoms with Crippen molar-refractivity contribution in [1.82, 2.24) is 0 Å². The zero-order valence-electron chi connectivity index (χ0n) is 11.9. The minimum absolute atomic E-state index is 0.706. The average Bonchev–Trinajstić information content (AvgIpc) is 2.35. The standard InChI is InChI=1S/2C6H15P.ClH.Pd/c2*1-4-7(5-2)6-3;;/h2*4-6H2,1-3H3;1H;/q;;;-1/p+1. The van der Waals surface area contributed by atoms with Gasteiger partial charge in [-0.1, -0.05) is 0 Å². The summed E-state index contributed by atoms with van der Waals surface area (Å²) in [6.45, 7) is 14.5. The van der Waals surface area contributed by atoms with Crippen LogP contribution in [0.2, 0.25) is 0 Å². The first kappa shape index (κ1) is 17.8. The molecule has 0 radical (unpaired) electrons. The molecule has 0 nitrogen and oxygen atoms in total. The summed E-state index contributed by atoms with van der Waals surface area (Å²) in [5.41, 5.74) is -2.15. The van der Waals surface area contributed by atoms with E-state index in [1.54, 1.807) is 0 Å². The number of halogens is 1. The Bertz CT molecular complexity index is 155. The fourth-order valence-electron chi connectivity index (χ4n) is 2.44. The van der Waals surface area contributed by atoms with Crippen LogP contribution in [0.1, 0.15) is 41.5 Å². The number of rotatable bonds is 8. The van der Waals surface area contributed by atoms with Gasteiger partial charge in [0.1, 0.15) is 0 Å². The molecule has 0 aliphatic rings. The summed E-state index contributed by atoms with van der Waals surface area (Å²) in [5.74, 6) is 0. The van der Waals surface area contributed by atoms with E-state index in [9.17, 15) is 0 Å². The first-order valence-electron chi connectivity index (χ1n) is 6.80. The molecule has 0 atom stereocenters. The minimum atomic E-state index is -1.08. The van der Waals surface area contributed by atoms with Crippen LogP contribution in [0.5, 0.6) is 0 Å². The average molecular weight is 380 g/mol. The Labute approximate surface area is 113 Å². The fraction of sp³-hybridized carbons (Fsp3) is 1.00. The van der Waals surface area contributed by atoms with Gasteiger partial charge in [0, 0.05) is 0 Å². The molecule has 0 spiro atoms. The van der Waals surface area contributed by atoms with E-state index in [1.807, 2.05) is 0 Å². The van der Waals surface area contributed by atoms with Crippen LogP contribution in [0.4, 0.5) is 0 Å². The zero-order valence-corrected chi connectivity index (χ0v) is 16.2. The Morgan fingerprint density at radius 3 is 0.938 bits per heavy atom. The summed E-state index contributed by atoms with van der Waals surface area (Å²) < 4.78 is 0. The first-order chi connectivity index (χ1) is 7.52. The Hall–Kier alpha value is 1.81. The predicted molar refractivity (Wildman–Crippen MR) is 85.7 cm³/mol. The van der Waals surface area contributed by atoms with Crippen molar-refractivity contribution in [2.45, 2.75) is 41.5 Å². The normalized spacial score (nSPS) is 16.1. The van der Waals surface area contributed by atoms with Crippen LogP contribution in [0.3, 0.4) is 0 Å². The SMILES string of the molecule is CC[PH](CC)(CC)[Pd]([Cl])[PH](CC)(CC)CC. The van der Waals surface area contributed by atoms with Crippen LogP contribution in [0.15, 0.2) is 0 Å². The van der Waals surface area contributed by atoms with Crippen LogP contribution >= 0.6 is 20.4 Å². The van der Waals surface area contributed by atoms with Crippen LogP contribution in [0, 0.1) is 0 Å². The molecule has 0 saturated carbocycles. The van der Waals surface area contributed by atoms with Crippen molar-refractivity contribution < 1.29 is 14.7 Å². The van der Waals surface area contributed by atoms with Crippen molar-refractivity contribution in [2.24, 2.45) is 0 Å². The van der Waals surface area contributed by atoms with Gasteiger partial charge in [-0.3, -0.25) is 0 Å². The van der Waals surface area contributed by atoms with Gasteiger partial charge in [0.05, 0.1) is 0 Å². The molecule has 0 heterocycles. The van der Waals surface area contributed by atoms with Gasteiger partial charge in [-0.05, 0) is 0 Å². The van der Waals surface area contributed by atoms with Crippen LogP contribution in [0.25, 0.3) is 0 Å². The third kappa shape index (κ3) is 3.43. The monoisotopic (exact) mass is 379 g/mol. The molecule has 0 N–H and O–H groups in total. The molecule has 0 aromatic heterocycles. The predicted octanol–water partition coefficient (Wildman–Crippen LogP) is 5.21. The third-order valence-electron chi connectivity index (χ3n) is 4.26. The zero-order chi connectivity index (χ0) is 12.8. The van der Waals surface area contributed by atoms with E-state index in [4.69, 9.17) is 9.53 Å². The molecule has 0 saturated heterocycles. The van der Waals surface area contributed by atoms with Gasteiger partial charge < -0.3 is 0 Å². The molecule has 0 aromatic rings. The quantitative estimate of drug-likeness (QED) is 0.401. The van der Waals surface area contributed by atoms with E-state index in [0.717, 1.165) is 0 Å². The Balaban J connectivity index is 5.16. The molecule has 0 bridgehead atoms. The molecular formula is C12H32ClP2Pd. The first-order valence-corrected chi connectivity index (χ1v) is 18.3. The summed E-state index contributed by atoms with van der Waals surface area (Å²) in [6, 6.07) is 0. The molecule has 0 unspecified atom stereocenters. The van der Waals surface area contributed by atoms with Crippen molar-refractivity contribution in [3.63, 3.8) is 0 Å². The summed E-state index contributed by atoms with van der Waals surface area (Å²) in [7, 11) is 7.17. The summed E-state index contributed by atoms with van der Waals surface area (Å²) in [5, 5.41) is 0. The Kier molecular flexibility index (Phi) is 8.99. The van der Waals surface area contributed by atoms with Crippen LogP contribution < -0.4 is 0 Å². The van der Waals surface area contributed by atoms with E-state index in [0.29, 0.717) is 0 Å². The van der Waals surface area contributed by atoms with E-state index in [2.05, 4.69) is 41.5 Å². The molecule has 0 fully saturated rings. The van der Waals surface area contributed by atoms with Crippen molar-refractivity contribution in [3.8, 4) is 0 Å². The maximum atomic E-state index is 7.17.